The van der Waals surface area contributed by atoms with Gasteiger partial charge >= 0.3 is 5.97 Å². The molecular formula is C33H25NO6. The number of methoxy groups -OCH3 is 2. The van der Waals surface area contributed by atoms with E-state index in [1.165, 1.54) is 12.0 Å². The smallest absolute Gasteiger partial charge is 0.319 e. The van der Waals surface area contributed by atoms with Crippen LogP contribution in [0.2, 0.25) is 0 Å². The van der Waals surface area contributed by atoms with Crippen molar-refractivity contribution in [1.29, 1.82) is 0 Å². The average molecular weight is 532 g/mol. The van der Waals surface area contributed by atoms with Crippen LogP contribution < -0.4 is 19.1 Å². The van der Waals surface area contributed by atoms with E-state index >= 15 is 0 Å². The Balaban J connectivity index is 1.47. The molecule has 40 heavy (non-hydrogen) atoms. The molecule has 4 aromatic rings. The lowest BCUT2D eigenvalue weighted by atomic mass is 9.64. The number of carbonyl (C=O) groups excluding carboxylic acids is 3. The number of fused-ring (bicyclic) bond motifs is 7. The minimum Gasteiger partial charge on any atom is -0.497 e. The van der Waals surface area contributed by atoms with Crippen molar-refractivity contribution < 1.29 is 28.6 Å². The fourth-order valence-electron chi connectivity index (χ4n) is 6.54. The van der Waals surface area contributed by atoms with Crippen molar-refractivity contribution in [3.8, 4) is 17.2 Å². The van der Waals surface area contributed by atoms with Gasteiger partial charge in [-0.25, -0.2) is 4.90 Å². The van der Waals surface area contributed by atoms with Gasteiger partial charge in [0, 0.05) is 11.5 Å². The predicted molar refractivity (Wildman–Crippen MR) is 149 cm³/mol. The molecule has 0 radical (unpaired) electrons. The lowest BCUT2D eigenvalue weighted by molar-refractivity contribution is -0.142. The Morgan fingerprint density at radius 2 is 1.48 bits per heavy atom. The predicted octanol–water partition coefficient (Wildman–Crippen LogP) is 5.38. The molecule has 0 aromatic heterocycles. The zero-order chi connectivity index (χ0) is 27.5. The first-order chi connectivity index (χ1) is 19.5. The SMILES string of the molecule is COc1ccc([C@@H]2C=C3c4c(ccc5ccccc45)OC(=O)[C@@H]3[C@@H]3C(=O)N(c4ccccc4OC)C(=O)[C@H]32)cc1. The first-order valence-electron chi connectivity index (χ1n) is 13.1. The summed E-state index contributed by atoms with van der Waals surface area (Å²) in [6, 6.07) is 26.0. The van der Waals surface area contributed by atoms with E-state index in [9.17, 15) is 14.4 Å². The van der Waals surface area contributed by atoms with E-state index in [-0.39, 0.29) is 5.91 Å². The van der Waals surface area contributed by atoms with Gasteiger partial charge in [-0.15, -0.1) is 0 Å². The molecule has 0 saturated carbocycles. The normalized spacial score (nSPS) is 23.2. The Bertz CT molecular complexity index is 1740. The van der Waals surface area contributed by atoms with Gasteiger partial charge in [-0.1, -0.05) is 60.7 Å². The van der Waals surface area contributed by atoms with Crippen LogP contribution in [-0.2, 0) is 14.4 Å². The van der Waals surface area contributed by atoms with Crippen LogP contribution in [0.3, 0.4) is 0 Å². The highest BCUT2D eigenvalue weighted by Crippen LogP contribution is 2.56. The minimum absolute atomic E-state index is 0.361. The molecule has 4 atom stereocenters. The fourth-order valence-corrected chi connectivity index (χ4v) is 6.54. The lowest BCUT2D eigenvalue weighted by Crippen LogP contribution is -2.42. The fraction of sp³-hybridized carbons (Fsp3) is 0.182. The van der Waals surface area contributed by atoms with Gasteiger partial charge in [0.2, 0.25) is 11.8 Å². The molecule has 0 bridgehead atoms. The van der Waals surface area contributed by atoms with Crippen molar-refractivity contribution in [1.82, 2.24) is 0 Å². The Hall–Kier alpha value is -4.91. The molecule has 7 rings (SSSR count). The van der Waals surface area contributed by atoms with E-state index in [1.807, 2.05) is 60.7 Å². The molecule has 2 aliphatic heterocycles. The summed E-state index contributed by atoms with van der Waals surface area (Å²) >= 11 is 0. The average Bonchev–Trinajstić information content (AvgIpc) is 3.25. The van der Waals surface area contributed by atoms with E-state index in [1.54, 1.807) is 37.4 Å². The van der Waals surface area contributed by atoms with Gasteiger partial charge in [0.25, 0.3) is 0 Å². The molecule has 7 heteroatoms. The maximum absolute atomic E-state index is 14.3. The van der Waals surface area contributed by atoms with Crippen LogP contribution in [0.15, 0.2) is 91.0 Å². The van der Waals surface area contributed by atoms with E-state index < -0.39 is 35.5 Å². The summed E-state index contributed by atoms with van der Waals surface area (Å²) in [5.41, 5.74) is 2.72. The van der Waals surface area contributed by atoms with Crippen LogP contribution in [0.25, 0.3) is 16.3 Å². The molecule has 7 nitrogen and oxygen atoms in total. The van der Waals surface area contributed by atoms with Crippen molar-refractivity contribution in [3.63, 3.8) is 0 Å². The Morgan fingerprint density at radius 3 is 2.25 bits per heavy atom. The number of benzene rings is 4. The number of esters is 1. The number of hydrogen-bond donors (Lipinski definition) is 0. The maximum Gasteiger partial charge on any atom is 0.319 e. The highest BCUT2D eigenvalue weighted by atomic mass is 16.5. The van der Waals surface area contributed by atoms with Crippen molar-refractivity contribution in [3.05, 3.63) is 102 Å². The standard InChI is InChI=1S/C33H25NO6/c1-38-20-14-11-19(12-15-20)22-17-23-27-21-8-4-3-7-18(21)13-16-26(27)40-33(37)29(23)30-28(22)31(35)34(32(30)36)24-9-5-6-10-25(24)39-2/h3-17,22,28-30H,1-2H3/t22-,28-,29-,30+/m0/s1. The van der Waals surface area contributed by atoms with Crippen molar-refractivity contribution in [2.24, 2.45) is 17.8 Å². The molecule has 0 N–H and O–H groups in total. The third-order valence-corrected chi connectivity index (χ3v) is 8.31. The van der Waals surface area contributed by atoms with Gasteiger partial charge in [0.05, 0.1) is 37.7 Å². The Kier molecular flexibility index (Phi) is 5.49. The third kappa shape index (κ3) is 3.40. The van der Waals surface area contributed by atoms with Crippen LogP contribution in [-0.4, -0.2) is 32.0 Å². The molecule has 1 saturated heterocycles. The number of ether oxygens (including phenoxy) is 3. The van der Waals surface area contributed by atoms with Crippen LogP contribution in [0.5, 0.6) is 17.2 Å². The number of carbonyl (C=O) groups is 3. The molecule has 3 aliphatic rings. The number of anilines is 1. The lowest BCUT2D eigenvalue weighted by Gasteiger charge is -2.38. The summed E-state index contributed by atoms with van der Waals surface area (Å²) < 4.78 is 16.7. The Morgan fingerprint density at radius 1 is 0.750 bits per heavy atom. The second kappa shape index (κ2) is 9.09. The maximum atomic E-state index is 14.3. The van der Waals surface area contributed by atoms with Gasteiger partial charge in [-0.05, 0) is 52.2 Å². The summed E-state index contributed by atoms with van der Waals surface area (Å²) in [7, 11) is 3.09. The van der Waals surface area contributed by atoms with Gasteiger partial charge < -0.3 is 14.2 Å². The van der Waals surface area contributed by atoms with E-state index in [2.05, 4.69) is 0 Å². The topological polar surface area (TPSA) is 82.1 Å². The first-order valence-corrected chi connectivity index (χ1v) is 13.1. The summed E-state index contributed by atoms with van der Waals surface area (Å²) in [6.07, 6.45) is 2.00. The molecule has 198 valence electrons. The van der Waals surface area contributed by atoms with Crippen molar-refractivity contribution in [2.45, 2.75) is 5.92 Å². The van der Waals surface area contributed by atoms with Crippen LogP contribution in [0.4, 0.5) is 5.69 Å². The number of para-hydroxylation sites is 2. The monoisotopic (exact) mass is 531 g/mol. The van der Waals surface area contributed by atoms with Crippen molar-refractivity contribution >= 4 is 39.8 Å². The van der Waals surface area contributed by atoms with E-state index in [0.717, 1.165) is 21.9 Å². The van der Waals surface area contributed by atoms with Crippen LogP contribution in [0.1, 0.15) is 17.0 Å². The van der Waals surface area contributed by atoms with E-state index in [0.29, 0.717) is 28.5 Å². The van der Waals surface area contributed by atoms with Gasteiger partial charge in [-0.2, -0.15) is 0 Å². The summed E-state index contributed by atoms with van der Waals surface area (Å²) in [6.45, 7) is 0. The molecule has 0 unspecified atom stereocenters. The largest absolute Gasteiger partial charge is 0.497 e. The minimum atomic E-state index is -0.941. The summed E-state index contributed by atoms with van der Waals surface area (Å²) in [5.74, 6) is -2.92. The van der Waals surface area contributed by atoms with Crippen LogP contribution in [0, 0.1) is 17.8 Å². The van der Waals surface area contributed by atoms with E-state index in [4.69, 9.17) is 14.2 Å². The highest BCUT2D eigenvalue weighted by molar-refractivity contribution is 6.25. The van der Waals surface area contributed by atoms with Gasteiger partial charge in [-0.3, -0.25) is 14.4 Å². The number of nitrogens with zero attached hydrogens (tertiary/aromatic N) is 1. The Labute approximate surface area is 230 Å². The summed E-state index contributed by atoms with van der Waals surface area (Å²) in [5, 5.41) is 1.92. The van der Waals surface area contributed by atoms with Crippen molar-refractivity contribution in [2.75, 3.05) is 19.1 Å². The second-order valence-electron chi connectivity index (χ2n) is 10.2. The second-order valence-corrected chi connectivity index (χ2v) is 10.2. The number of hydrogen-bond acceptors (Lipinski definition) is 6. The molecule has 2 heterocycles. The first kappa shape index (κ1) is 24.2. The van der Waals surface area contributed by atoms with Gasteiger partial charge in [0.15, 0.2) is 0 Å². The van der Waals surface area contributed by atoms with Gasteiger partial charge in [0.1, 0.15) is 17.2 Å². The highest BCUT2D eigenvalue weighted by Gasteiger charge is 2.60. The zero-order valence-corrected chi connectivity index (χ0v) is 21.9. The molecule has 1 fully saturated rings. The molecule has 2 amide bonds. The third-order valence-electron chi connectivity index (χ3n) is 8.31. The number of allylic oxidation sites excluding steroid dienone is 1. The molecule has 0 spiro atoms. The summed E-state index contributed by atoms with van der Waals surface area (Å²) in [4.78, 5) is 43.3. The van der Waals surface area contributed by atoms with Crippen LogP contribution >= 0.6 is 0 Å². The molecule has 4 aromatic carbocycles. The quantitative estimate of drug-likeness (QED) is 0.200. The zero-order valence-electron chi connectivity index (χ0n) is 21.9. The molecular weight excluding hydrogens is 506 g/mol. The molecule has 1 aliphatic carbocycles. The number of amides is 2. The number of rotatable bonds is 4. The number of imide groups is 1.